The molecular formula is C16H30N2O2. The van der Waals surface area contributed by atoms with Crippen LogP contribution in [0.3, 0.4) is 0 Å². The predicted molar refractivity (Wildman–Crippen MR) is 80.5 cm³/mol. The first-order chi connectivity index (χ1) is 9.69. The second-order valence-corrected chi connectivity index (χ2v) is 6.80. The molecule has 3 unspecified atom stereocenters. The number of carbonyl (C=O) groups excluding carboxylic acids is 1. The minimum atomic E-state index is 0.0620. The Labute approximate surface area is 122 Å². The molecule has 1 aliphatic carbocycles. The Morgan fingerprint density at radius 3 is 2.80 bits per heavy atom. The van der Waals surface area contributed by atoms with E-state index >= 15 is 0 Å². The molecule has 2 amide bonds. The smallest absolute Gasteiger partial charge is 0.317 e. The molecule has 1 saturated heterocycles. The molecule has 4 heteroatoms. The van der Waals surface area contributed by atoms with Crippen molar-refractivity contribution in [2.24, 2.45) is 17.8 Å². The van der Waals surface area contributed by atoms with Gasteiger partial charge in [0.05, 0.1) is 0 Å². The highest BCUT2D eigenvalue weighted by atomic mass is 16.3. The monoisotopic (exact) mass is 282 g/mol. The Morgan fingerprint density at radius 2 is 2.05 bits per heavy atom. The number of likely N-dealkylation sites (tertiary alicyclic amines) is 1. The number of carbonyl (C=O) groups is 1. The summed E-state index contributed by atoms with van der Waals surface area (Å²) in [5, 5.41) is 12.3. The second kappa shape index (κ2) is 7.87. The van der Waals surface area contributed by atoms with Crippen LogP contribution in [-0.4, -0.2) is 42.3 Å². The molecule has 1 heterocycles. The molecule has 1 aliphatic heterocycles. The third kappa shape index (κ3) is 4.65. The quantitative estimate of drug-likeness (QED) is 0.833. The normalized spacial score (nSPS) is 31.1. The van der Waals surface area contributed by atoms with Crippen LogP contribution in [0.5, 0.6) is 0 Å². The van der Waals surface area contributed by atoms with Gasteiger partial charge in [0.2, 0.25) is 0 Å². The minimum Gasteiger partial charge on any atom is -0.396 e. The number of nitrogens with zero attached hydrogens (tertiary/aromatic N) is 1. The van der Waals surface area contributed by atoms with E-state index in [0.29, 0.717) is 6.54 Å². The molecule has 3 atom stereocenters. The summed E-state index contributed by atoms with van der Waals surface area (Å²) in [6.45, 7) is 4.89. The van der Waals surface area contributed by atoms with E-state index in [1.54, 1.807) is 0 Å². The molecule has 0 bridgehead atoms. The molecule has 2 rings (SSSR count). The van der Waals surface area contributed by atoms with Crippen molar-refractivity contribution in [1.29, 1.82) is 0 Å². The van der Waals surface area contributed by atoms with E-state index in [0.717, 1.165) is 44.2 Å². The molecule has 116 valence electrons. The van der Waals surface area contributed by atoms with Gasteiger partial charge in [0.25, 0.3) is 0 Å². The molecule has 0 aromatic rings. The Hall–Kier alpha value is -0.770. The van der Waals surface area contributed by atoms with Crippen molar-refractivity contribution < 1.29 is 9.90 Å². The van der Waals surface area contributed by atoms with E-state index in [2.05, 4.69) is 12.2 Å². The summed E-state index contributed by atoms with van der Waals surface area (Å²) in [5.41, 5.74) is 0. The van der Waals surface area contributed by atoms with E-state index < -0.39 is 0 Å². The van der Waals surface area contributed by atoms with Gasteiger partial charge in [0, 0.05) is 26.2 Å². The van der Waals surface area contributed by atoms with Gasteiger partial charge in [-0.05, 0) is 43.4 Å². The molecule has 0 aromatic heterocycles. The Bertz CT molecular complexity index is 309. The molecule has 20 heavy (non-hydrogen) atoms. The lowest BCUT2D eigenvalue weighted by Gasteiger charge is -2.32. The fourth-order valence-electron chi connectivity index (χ4n) is 3.72. The van der Waals surface area contributed by atoms with Crippen LogP contribution in [0, 0.1) is 17.8 Å². The van der Waals surface area contributed by atoms with Crippen LogP contribution in [0.15, 0.2) is 0 Å². The zero-order valence-electron chi connectivity index (χ0n) is 12.8. The van der Waals surface area contributed by atoms with Crippen molar-refractivity contribution >= 4 is 6.03 Å². The summed E-state index contributed by atoms with van der Waals surface area (Å²) < 4.78 is 0. The largest absolute Gasteiger partial charge is 0.396 e. The van der Waals surface area contributed by atoms with E-state index in [1.165, 1.54) is 25.7 Å². The van der Waals surface area contributed by atoms with E-state index in [4.69, 9.17) is 0 Å². The zero-order valence-corrected chi connectivity index (χ0v) is 12.8. The van der Waals surface area contributed by atoms with Gasteiger partial charge in [-0.1, -0.05) is 26.2 Å². The van der Waals surface area contributed by atoms with Gasteiger partial charge < -0.3 is 15.3 Å². The maximum absolute atomic E-state index is 12.1. The highest BCUT2D eigenvalue weighted by molar-refractivity contribution is 5.74. The highest BCUT2D eigenvalue weighted by Gasteiger charge is 2.23. The Balaban J connectivity index is 1.64. The van der Waals surface area contributed by atoms with Crippen LogP contribution in [0.25, 0.3) is 0 Å². The van der Waals surface area contributed by atoms with Crippen molar-refractivity contribution in [2.45, 2.75) is 51.9 Å². The first-order valence-corrected chi connectivity index (χ1v) is 8.32. The second-order valence-electron chi connectivity index (χ2n) is 6.80. The van der Waals surface area contributed by atoms with Gasteiger partial charge in [-0.15, -0.1) is 0 Å². The van der Waals surface area contributed by atoms with E-state index in [9.17, 15) is 9.90 Å². The molecule has 0 aromatic carbocycles. The fourth-order valence-corrected chi connectivity index (χ4v) is 3.72. The first kappa shape index (κ1) is 15.6. The molecular weight excluding hydrogens is 252 g/mol. The fraction of sp³-hybridized carbons (Fsp3) is 0.938. The summed E-state index contributed by atoms with van der Waals surface area (Å²) in [6, 6.07) is 0.0620. The number of amides is 2. The van der Waals surface area contributed by atoms with Crippen molar-refractivity contribution in [2.75, 3.05) is 26.2 Å². The molecule has 2 fully saturated rings. The van der Waals surface area contributed by atoms with Gasteiger partial charge in [-0.2, -0.15) is 0 Å². The van der Waals surface area contributed by atoms with Gasteiger partial charge in [-0.3, -0.25) is 0 Å². The number of piperidine rings is 1. The number of urea groups is 1. The van der Waals surface area contributed by atoms with Crippen LogP contribution in [0.2, 0.25) is 0 Å². The maximum Gasteiger partial charge on any atom is 0.317 e. The van der Waals surface area contributed by atoms with Gasteiger partial charge >= 0.3 is 6.03 Å². The molecule has 0 radical (unpaired) electrons. The van der Waals surface area contributed by atoms with Crippen molar-refractivity contribution in [3.8, 4) is 0 Å². The number of aliphatic hydroxyl groups is 1. The van der Waals surface area contributed by atoms with E-state index in [1.807, 2.05) is 4.90 Å². The third-order valence-corrected chi connectivity index (χ3v) is 4.94. The summed E-state index contributed by atoms with van der Waals surface area (Å²) in [7, 11) is 0. The summed E-state index contributed by atoms with van der Waals surface area (Å²) >= 11 is 0. The van der Waals surface area contributed by atoms with Gasteiger partial charge in [0.15, 0.2) is 0 Å². The lowest BCUT2D eigenvalue weighted by atomic mass is 9.81. The number of hydrogen-bond acceptors (Lipinski definition) is 2. The lowest BCUT2D eigenvalue weighted by molar-refractivity contribution is 0.129. The highest BCUT2D eigenvalue weighted by Crippen LogP contribution is 2.30. The predicted octanol–water partition coefficient (Wildman–Crippen LogP) is 2.62. The zero-order chi connectivity index (χ0) is 14.4. The summed E-state index contributed by atoms with van der Waals surface area (Å²) in [5.74, 6) is 1.93. The van der Waals surface area contributed by atoms with E-state index in [-0.39, 0.29) is 18.6 Å². The number of hydrogen-bond donors (Lipinski definition) is 2. The summed E-state index contributed by atoms with van der Waals surface area (Å²) in [4.78, 5) is 14.0. The Kier molecular flexibility index (Phi) is 6.14. The van der Waals surface area contributed by atoms with Gasteiger partial charge in [-0.25, -0.2) is 4.79 Å². The molecule has 0 spiro atoms. The summed E-state index contributed by atoms with van der Waals surface area (Å²) in [6.07, 6.45) is 8.55. The average molecular weight is 282 g/mol. The lowest BCUT2D eigenvalue weighted by Crippen LogP contribution is -2.46. The molecule has 1 saturated carbocycles. The van der Waals surface area contributed by atoms with Crippen LogP contribution >= 0.6 is 0 Å². The minimum absolute atomic E-state index is 0.0620. The van der Waals surface area contributed by atoms with Crippen molar-refractivity contribution in [1.82, 2.24) is 10.2 Å². The molecule has 2 aliphatic rings. The third-order valence-electron chi connectivity index (χ3n) is 4.94. The van der Waals surface area contributed by atoms with Crippen molar-refractivity contribution in [3.63, 3.8) is 0 Å². The van der Waals surface area contributed by atoms with Crippen LogP contribution < -0.4 is 5.32 Å². The number of aliphatic hydroxyl groups excluding tert-OH is 1. The number of rotatable bonds is 4. The van der Waals surface area contributed by atoms with Crippen molar-refractivity contribution in [3.05, 3.63) is 0 Å². The first-order valence-electron chi connectivity index (χ1n) is 8.32. The standard InChI is InChI=1S/C16H30N2O2/c1-13-4-2-5-14(10-13)7-8-17-16(20)18-9-3-6-15(11-18)12-19/h13-15,19H,2-12H2,1H3,(H,17,20). The van der Waals surface area contributed by atoms with Crippen LogP contribution in [0.1, 0.15) is 51.9 Å². The average Bonchev–Trinajstić information content (AvgIpc) is 2.47. The number of nitrogens with one attached hydrogen (secondary N) is 1. The van der Waals surface area contributed by atoms with Gasteiger partial charge in [0.1, 0.15) is 0 Å². The molecule has 4 nitrogen and oxygen atoms in total. The SMILES string of the molecule is CC1CCCC(CCNC(=O)N2CCCC(CO)C2)C1. The van der Waals surface area contributed by atoms with Crippen LogP contribution in [0.4, 0.5) is 4.79 Å². The van der Waals surface area contributed by atoms with Crippen LogP contribution in [-0.2, 0) is 0 Å². The molecule has 2 N–H and O–H groups in total. The maximum atomic E-state index is 12.1. The topological polar surface area (TPSA) is 52.6 Å². The Morgan fingerprint density at radius 1 is 1.25 bits per heavy atom.